The first-order valence-corrected chi connectivity index (χ1v) is 10.3. The van der Waals surface area contributed by atoms with Gasteiger partial charge in [0.1, 0.15) is 5.82 Å². The van der Waals surface area contributed by atoms with Gasteiger partial charge < -0.3 is 14.4 Å². The fourth-order valence-corrected chi connectivity index (χ4v) is 4.86. The van der Waals surface area contributed by atoms with Crippen LogP contribution in [0.1, 0.15) is 56.6 Å². The fourth-order valence-electron chi connectivity index (χ4n) is 4.86. The summed E-state index contributed by atoms with van der Waals surface area (Å²) in [6.07, 6.45) is 3.92. The van der Waals surface area contributed by atoms with Gasteiger partial charge in [-0.15, -0.1) is 0 Å². The van der Waals surface area contributed by atoms with Crippen LogP contribution in [-0.2, 0) is 0 Å². The Morgan fingerprint density at radius 3 is 2.76 bits per heavy atom. The number of hydrogen-bond donors (Lipinski definition) is 2. The molecule has 8 heteroatoms. The van der Waals surface area contributed by atoms with E-state index in [2.05, 4.69) is 10.5 Å². The molecule has 2 N–H and O–H groups in total. The van der Waals surface area contributed by atoms with Crippen molar-refractivity contribution in [1.29, 1.82) is 0 Å². The summed E-state index contributed by atoms with van der Waals surface area (Å²) >= 11 is 0. The molecule has 5 rings (SSSR count). The predicted molar refractivity (Wildman–Crippen MR) is 105 cm³/mol. The molecule has 29 heavy (non-hydrogen) atoms. The van der Waals surface area contributed by atoms with E-state index in [0.29, 0.717) is 18.8 Å². The van der Waals surface area contributed by atoms with Crippen molar-refractivity contribution in [3.05, 3.63) is 43.8 Å². The maximum Gasteiger partial charge on any atom is 0.293 e. The summed E-state index contributed by atoms with van der Waals surface area (Å²) in [6.45, 7) is 3.74. The van der Waals surface area contributed by atoms with E-state index in [4.69, 9.17) is 4.52 Å². The van der Waals surface area contributed by atoms with Crippen LogP contribution in [0, 0.1) is 17.6 Å². The van der Waals surface area contributed by atoms with Crippen LogP contribution < -0.4 is 16.3 Å². The maximum absolute atomic E-state index is 15.8. The molecule has 2 aliphatic rings. The number of nitrogens with one attached hydrogen (secondary N) is 2. The van der Waals surface area contributed by atoms with Gasteiger partial charge in [-0.3, -0.25) is 9.59 Å². The SMILES string of the molecule is CCNCC1CCC(c2c(F)cc3c(=O)c4c(=O)[nH]oc4n(C4CC4)c3c2F)C1. The Kier molecular flexibility index (Phi) is 4.34. The Balaban J connectivity index is 1.72. The summed E-state index contributed by atoms with van der Waals surface area (Å²) in [4.78, 5) is 24.9. The number of fused-ring (bicyclic) bond motifs is 2. The van der Waals surface area contributed by atoms with Gasteiger partial charge in [-0.25, -0.2) is 8.78 Å². The number of aromatic amines is 1. The molecule has 0 saturated heterocycles. The molecular formula is C21H23F2N3O3. The summed E-state index contributed by atoms with van der Waals surface area (Å²) in [7, 11) is 0. The van der Waals surface area contributed by atoms with E-state index in [1.54, 1.807) is 4.57 Å². The van der Waals surface area contributed by atoms with Crippen molar-refractivity contribution < 1.29 is 13.3 Å². The number of H-pyrrole nitrogens is 1. The summed E-state index contributed by atoms with van der Waals surface area (Å²) in [5.41, 5.74) is -1.21. The fraction of sp³-hybridized carbons (Fsp3) is 0.524. The highest BCUT2D eigenvalue weighted by molar-refractivity contribution is 5.92. The lowest BCUT2D eigenvalue weighted by Crippen LogP contribution is -2.21. The van der Waals surface area contributed by atoms with Crippen LogP contribution >= 0.6 is 0 Å². The molecule has 2 heterocycles. The van der Waals surface area contributed by atoms with E-state index in [-0.39, 0.29) is 39.5 Å². The van der Waals surface area contributed by atoms with E-state index in [1.807, 2.05) is 6.92 Å². The summed E-state index contributed by atoms with van der Waals surface area (Å²) in [6, 6.07) is 1.05. The number of aromatic nitrogens is 2. The standard InChI is InChI=1S/C21H23F2N3O3/c1-2-24-9-10-3-4-11(7-10)15-14(22)8-13-18(17(15)23)26(12-5-6-12)21-16(19(13)27)20(28)25-29-21/h8,10-12,24H,2-7,9H2,1H3,(H,25,28). The quantitative estimate of drug-likeness (QED) is 0.683. The molecule has 1 aromatic carbocycles. The van der Waals surface area contributed by atoms with E-state index in [0.717, 1.165) is 38.4 Å². The van der Waals surface area contributed by atoms with Crippen molar-refractivity contribution in [1.82, 2.24) is 15.0 Å². The molecule has 2 unspecified atom stereocenters. The minimum Gasteiger partial charge on any atom is -0.360 e. The van der Waals surface area contributed by atoms with Gasteiger partial charge in [0.25, 0.3) is 5.56 Å². The van der Waals surface area contributed by atoms with Crippen LogP contribution in [0.3, 0.4) is 0 Å². The van der Waals surface area contributed by atoms with Gasteiger partial charge in [0.05, 0.1) is 10.9 Å². The topological polar surface area (TPSA) is 80.0 Å². The lowest BCUT2D eigenvalue weighted by Gasteiger charge is -2.18. The average molecular weight is 403 g/mol. The molecule has 2 aliphatic carbocycles. The molecule has 2 saturated carbocycles. The second kappa shape index (κ2) is 6.79. The second-order valence-electron chi connectivity index (χ2n) is 8.31. The van der Waals surface area contributed by atoms with Crippen molar-refractivity contribution in [2.24, 2.45) is 5.92 Å². The van der Waals surface area contributed by atoms with Gasteiger partial charge in [0.15, 0.2) is 11.2 Å². The van der Waals surface area contributed by atoms with E-state index >= 15 is 8.78 Å². The van der Waals surface area contributed by atoms with Gasteiger partial charge >= 0.3 is 0 Å². The predicted octanol–water partition coefficient (Wildman–Crippen LogP) is 3.54. The first kappa shape index (κ1) is 18.5. The zero-order valence-corrected chi connectivity index (χ0v) is 16.2. The zero-order chi connectivity index (χ0) is 20.3. The number of rotatable bonds is 5. The largest absolute Gasteiger partial charge is 0.360 e. The van der Waals surface area contributed by atoms with Gasteiger partial charge in [0.2, 0.25) is 11.1 Å². The number of halogens is 2. The Morgan fingerprint density at radius 1 is 1.24 bits per heavy atom. The number of hydrogen-bond acceptors (Lipinski definition) is 4. The van der Waals surface area contributed by atoms with Crippen LogP contribution in [0.5, 0.6) is 0 Å². The lowest BCUT2D eigenvalue weighted by molar-refractivity contribution is 0.427. The van der Waals surface area contributed by atoms with Crippen molar-refractivity contribution in [2.75, 3.05) is 13.1 Å². The molecule has 0 amide bonds. The molecule has 2 fully saturated rings. The normalized spacial score (nSPS) is 22.2. The van der Waals surface area contributed by atoms with E-state index in [1.165, 1.54) is 0 Å². The van der Waals surface area contributed by atoms with E-state index < -0.39 is 22.6 Å². The molecule has 0 radical (unpaired) electrons. The maximum atomic E-state index is 15.8. The van der Waals surface area contributed by atoms with Gasteiger partial charge in [0, 0.05) is 11.6 Å². The van der Waals surface area contributed by atoms with Crippen LogP contribution in [0.25, 0.3) is 22.0 Å². The van der Waals surface area contributed by atoms with Gasteiger partial charge in [-0.2, -0.15) is 5.16 Å². The van der Waals surface area contributed by atoms with Crippen molar-refractivity contribution in [3.63, 3.8) is 0 Å². The molecule has 0 aliphatic heterocycles. The smallest absolute Gasteiger partial charge is 0.293 e. The monoisotopic (exact) mass is 403 g/mol. The van der Waals surface area contributed by atoms with Gasteiger partial charge in [-0.05, 0) is 63.1 Å². The molecule has 2 aromatic heterocycles. The highest BCUT2D eigenvalue weighted by Gasteiger charge is 2.35. The Morgan fingerprint density at radius 2 is 2.03 bits per heavy atom. The third kappa shape index (κ3) is 2.84. The molecule has 154 valence electrons. The van der Waals surface area contributed by atoms with Crippen LogP contribution in [0.15, 0.2) is 20.2 Å². The first-order valence-electron chi connectivity index (χ1n) is 10.3. The van der Waals surface area contributed by atoms with E-state index in [9.17, 15) is 9.59 Å². The molecule has 0 spiro atoms. The number of nitrogens with zero attached hydrogens (tertiary/aromatic N) is 1. The first-order chi connectivity index (χ1) is 14.0. The Labute approximate surface area is 164 Å². The Bertz CT molecular complexity index is 1220. The zero-order valence-electron chi connectivity index (χ0n) is 16.2. The highest BCUT2D eigenvalue weighted by Crippen LogP contribution is 2.44. The van der Waals surface area contributed by atoms with Gasteiger partial charge in [-0.1, -0.05) is 6.92 Å². The lowest BCUT2D eigenvalue weighted by atomic mass is 9.93. The average Bonchev–Trinajstić information content (AvgIpc) is 3.30. The summed E-state index contributed by atoms with van der Waals surface area (Å²) < 4.78 is 37.6. The summed E-state index contributed by atoms with van der Waals surface area (Å²) in [5, 5.41) is 5.20. The third-order valence-electron chi connectivity index (χ3n) is 6.39. The summed E-state index contributed by atoms with van der Waals surface area (Å²) in [5.74, 6) is -1.24. The molecule has 0 bridgehead atoms. The highest BCUT2D eigenvalue weighted by atomic mass is 19.1. The molecule has 3 aromatic rings. The number of pyridine rings is 1. The molecular weight excluding hydrogens is 380 g/mol. The second-order valence-corrected chi connectivity index (χ2v) is 8.31. The van der Waals surface area contributed by atoms with Crippen molar-refractivity contribution in [3.8, 4) is 0 Å². The van der Waals surface area contributed by atoms with Crippen LogP contribution in [-0.4, -0.2) is 22.8 Å². The molecule has 2 atom stereocenters. The minimum absolute atomic E-state index is 0.0444. The van der Waals surface area contributed by atoms with Crippen LogP contribution in [0.2, 0.25) is 0 Å². The Hall–Kier alpha value is -2.48. The molecule has 6 nitrogen and oxygen atoms in total. The minimum atomic E-state index is -0.706. The van der Waals surface area contributed by atoms with Crippen molar-refractivity contribution >= 4 is 22.0 Å². The van der Waals surface area contributed by atoms with Crippen molar-refractivity contribution in [2.45, 2.75) is 51.0 Å². The third-order valence-corrected chi connectivity index (χ3v) is 6.39. The van der Waals surface area contributed by atoms with Crippen LogP contribution in [0.4, 0.5) is 8.78 Å². The number of benzene rings is 1.